The Labute approximate surface area is 86.4 Å². The molecular formula is C11H9NO3. The summed E-state index contributed by atoms with van der Waals surface area (Å²) < 4.78 is 0. The first-order valence-electron chi connectivity index (χ1n) is 4.20. The van der Waals surface area contributed by atoms with Crippen LogP contribution >= 0.6 is 0 Å². The van der Waals surface area contributed by atoms with E-state index in [1.165, 1.54) is 6.08 Å². The molecule has 2 N–H and O–H groups in total. The molecule has 0 saturated heterocycles. The van der Waals surface area contributed by atoms with Gasteiger partial charge in [0.05, 0.1) is 0 Å². The van der Waals surface area contributed by atoms with Crippen LogP contribution in [0.25, 0.3) is 6.08 Å². The van der Waals surface area contributed by atoms with E-state index in [1.54, 1.807) is 18.2 Å². The maximum absolute atomic E-state index is 10.7. The average molecular weight is 203 g/mol. The second kappa shape index (κ2) is 4.85. The van der Waals surface area contributed by atoms with Crippen LogP contribution in [0.5, 0.6) is 0 Å². The lowest BCUT2D eigenvalue weighted by Gasteiger charge is -2.01. The number of amides is 1. The van der Waals surface area contributed by atoms with E-state index < -0.39 is 5.91 Å². The van der Waals surface area contributed by atoms with Gasteiger partial charge in [-0.1, -0.05) is 18.2 Å². The molecule has 1 aromatic carbocycles. The van der Waals surface area contributed by atoms with Crippen molar-refractivity contribution in [1.82, 2.24) is 0 Å². The molecule has 0 atom stereocenters. The molecule has 0 spiro atoms. The van der Waals surface area contributed by atoms with Gasteiger partial charge in [-0.2, -0.15) is 0 Å². The van der Waals surface area contributed by atoms with E-state index in [2.05, 4.69) is 0 Å². The zero-order chi connectivity index (χ0) is 11.3. The lowest BCUT2D eigenvalue weighted by molar-refractivity contribution is -0.113. The number of primary amides is 1. The molecule has 1 aromatic rings. The first kappa shape index (κ1) is 10.8. The minimum atomic E-state index is -0.632. The van der Waals surface area contributed by atoms with Crippen molar-refractivity contribution in [3.8, 4) is 0 Å². The number of aldehydes is 2. The number of hydrogen-bond donors (Lipinski definition) is 1. The van der Waals surface area contributed by atoms with E-state index in [9.17, 15) is 14.4 Å². The first-order chi connectivity index (χ1) is 7.19. The monoisotopic (exact) mass is 203 g/mol. The number of hydrogen-bond acceptors (Lipinski definition) is 3. The Morgan fingerprint density at radius 2 is 1.67 bits per heavy atom. The van der Waals surface area contributed by atoms with E-state index in [4.69, 9.17) is 5.73 Å². The maximum Gasteiger partial charge on any atom is 0.241 e. The highest BCUT2D eigenvalue weighted by molar-refractivity contribution is 5.96. The molecule has 0 aliphatic heterocycles. The van der Waals surface area contributed by atoms with Gasteiger partial charge in [0.1, 0.15) is 0 Å². The molecule has 76 valence electrons. The van der Waals surface area contributed by atoms with Gasteiger partial charge in [-0.05, 0) is 11.6 Å². The zero-order valence-corrected chi connectivity index (χ0v) is 7.84. The van der Waals surface area contributed by atoms with Gasteiger partial charge in [-0.3, -0.25) is 14.4 Å². The van der Waals surface area contributed by atoms with Gasteiger partial charge in [0.2, 0.25) is 5.91 Å². The van der Waals surface area contributed by atoms with Crippen molar-refractivity contribution in [2.24, 2.45) is 5.73 Å². The average Bonchev–Trinajstić information content (AvgIpc) is 2.25. The summed E-state index contributed by atoms with van der Waals surface area (Å²) in [4.78, 5) is 31.9. The minimum Gasteiger partial charge on any atom is -0.366 e. The zero-order valence-electron chi connectivity index (χ0n) is 7.84. The van der Waals surface area contributed by atoms with Crippen LogP contribution < -0.4 is 5.73 Å². The standard InChI is InChI=1S/C11H9NO3/c12-11(15)5-4-10-8(6-13)2-1-3-9(10)7-14/h1-7H,(H2,12,15). The molecule has 1 rings (SSSR count). The molecule has 1 amide bonds. The molecular weight excluding hydrogens is 194 g/mol. The van der Waals surface area contributed by atoms with Gasteiger partial charge >= 0.3 is 0 Å². The summed E-state index contributed by atoms with van der Waals surface area (Å²) in [6, 6.07) is 4.70. The van der Waals surface area contributed by atoms with Crippen molar-refractivity contribution >= 4 is 24.6 Å². The quantitative estimate of drug-likeness (QED) is 0.581. The maximum atomic E-state index is 10.7. The van der Waals surface area contributed by atoms with Gasteiger partial charge in [-0.15, -0.1) is 0 Å². The number of benzene rings is 1. The molecule has 0 unspecified atom stereocenters. The summed E-state index contributed by atoms with van der Waals surface area (Å²) in [5.41, 5.74) is 6.01. The van der Waals surface area contributed by atoms with Gasteiger partial charge in [-0.25, -0.2) is 0 Å². The van der Waals surface area contributed by atoms with Crippen LogP contribution in [0.4, 0.5) is 0 Å². The molecule has 0 heterocycles. The molecule has 4 nitrogen and oxygen atoms in total. The summed E-state index contributed by atoms with van der Waals surface area (Å²) in [5.74, 6) is -0.632. The largest absolute Gasteiger partial charge is 0.366 e. The molecule has 0 saturated carbocycles. The SMILES string of the molecule is NC(=O)C=Cc1c(C=O)cccc1C=O. The van der Waals surface area contributed by atoms with Crippen LogP contribution in [0.2, 0.25) is 0 Å². The fourth-order valence-corrected chi connectivity index (χ4v) is 1.17. The molecule has 0 bridgehead atoms. The van der Waals surface area contributed by atoms with Crippen LogP contribution in [0.3, 0.4) is 0 Å². The minimum absolute atomic E-state index is 0.345. The van der Waals surface area contributed by atoms with Crippen molar-refractivity contribution in [3.63, 3.8) is 0 Å². The molecule has 15 heavy (non-hydrogen) atoms. The summed E-state index contributed by atoms with van der Waals surface area (Å²) in [7, 11) is 0. The van der Waals surface area contributed by atoms with E-state index in [0.29, 0.717) is 29.3 Å². The summed E-state index contributed by atoms with van der Waals surface area (Å²) >= 11 is 0. The Hall–Kier alpha value is -2.23. The number of carbonyl (C=O) groups is 3. The van der Waals surface area contributed by atoms with Gasteiger partial charge in [0.25, 0.3) is 0 Å². The highest BCUT2D eigenvalue weighted by atomic mass is 16.1. The Kier molecular flexibility index (Phi) is 3.51. The van der Waals surface area contributed by atoms with E-state index in [1.807, 2.05) is 0 Å². The lowest BCUT2D eigenvalue weighted by Crippen LogP contribution is -2.05. The third-order valence-corrected chi connectivity index (χ3v) is 1.84. The molecule has 0 aromatic heterocycles. The van der Waals surface area contributed by atoms with Crippen LogP contribution in [-0.2, 0) is 4.79 Å². The lowest BCUT2D eigenvalue weighted by atomic mass is 10.0. The highest BCUT2D eigenvalue weighted by Gasteiger charge is 2.03. The second-order valence-corrected chi connectivity index (χ2v) is 2.82. The Morgan fingerprint density at radius 3 is 2.07 bits per heavy atom. The van der Waals surface area contributed by atoms with Crippen molar-refractivity contribution < 1.29 is 14.4 Å². The Bertz CT molecular complexity index is 409. The van der Waals surface area contributed by atoms with E-state index >= 15 is 0 Å². The second-order valence-electron chi connectivity index (χ2n) is 2.82. The van der Waals surface area contributed by atoms with Crippen molar-refractivity contribution in [2.45, 2.75) is 0 Å². The topological polar surface area (TPSA) is 77.2 Å². The molecule has 4 heteroatoms. The molecule has 0 radical (unpaired) electrons. The summed E-state index contributed by atoms with van der Waals surface area (Å²) in [5, 5.41) is 0. The Morgan fingerprint density at radius 1 is 1.13 bits per heavy atom. The summed E-state index contributed by atoms with van der Waals surface area (Å²) in [6.45, 7) is 0. The fraction of sp³-hybridized carbons (Fsp3) is 0. The van der Waals surface area contributed by atoms with E-state index in [0.717, 1.165) is 6.08 Å². The highest BCUT2D eigenvalue weighted by Crippen LogP contribution is 2.13. The van der Waals surface area contributed by atoms with Crippen molar-refractivity contribution in [2.75, 3.05) is 0 Å². The number of carbonyl (C=O) groups excluding carboxylic acids is 3. The third kappa shape index (κ3) is 2.60. The number of rotatable bonds is 4. The molecule has 0 aliphatic rings. The fourth-order valence-electron chi connectivity index (χ4n) is 1.17. The first-order valence-corrected chi connectivity index (χ1v) is 4.20. The predicted molar refractivity (Wildman–Crippen MR) is 55.4 cm³/mol. The van der Waals surface area contributed by atoms with Crippen LogP contribution in [0.15, 0.2) is 24.3 Å². The molecule has 0 aliphatic carbocycles. The smallest absolute Gasteiger partial charge is 0.241 e. The van der Waals surface area contributed by atoms with Crippen molar-refractivity contribution in [3.05, 3.63) is 41.0 Å². The third-order valence-electron chi connectivity index (χ3n) is 1.84. The van der Waals surface area contributed by atoms with Gasteiger partial charge in [0.15, 0.2) is 12.6 Å². The van der Waals surface area contributed by atoms with Crippen LogP contribution in [-0.4, -0.2) is 18.5 Å². The van der Waals surface area contributed by atoms with Crippen molar-refractivity contribution in [1.29, 1.82) is 0 Å². The summed E-state index contributed by atoms with van der Waals surface area (Å²) in [6.07, 6.45) is 3.70. The number of nitrogens with two attached hydrogens (primary N) is 1. The van der Waals surface area contributed by atoms with Crippen LogP contribution in [0, 0.1) is 0 Å². The van der Waals surface area contributed by atoms with Gasteiger partial charge < -0.3 is 5.73 Å². The predicted octanol–water partition coefficient (Wildman–Crippen LogP) is 0.810. The Balaban J connectivity index is 3.28. The van der Waals surface area contributed by atoms with Gasteiger partial charge in [0, 0.05) is 17.2 Å². The molecule has 0 fully saturated rings. The van der Waals surface area contributed by atoms with E-state index in [-0.39, 0.29) is 0 Å². The van der Waals surface area contributed by atoms with Crippen LogP contribution in [0.1, 0.15) is 26.3 Å². The normalized spacial score (nSPS) is 10.1.